The van der Waals surface area contributed by atoms with E-state index in [2.05, 4.69) is 30.4 Å². The Kier molecular flexibility index (Phi) is 5.20. The minimum Gasteiger partial charge on any atom is -0.494 e. The van der Waals surface area contributed by atoms with Crippen LogP contribution in [0, 0.1) is 0 Å². The van der Waals surface area contributed by atoms with Crippen molar-refractivity contribution in [1.82, 2.24) is 5.32 Å². The summed E-state index contributed by atoms with van der Waals surface area (Å²) in [7, 11) is 0. The van der Waals surface area contributed by atoms with E-state index in [0.29, 0.717) is 6.04 Å². The van der Waals surface area contributed by atoms with E-state index < -0.39 is 0 Å². The first-order chi connectivity index (χ1) is 8.38. The van der Waals surface area contributed by atoms with Gasteiger partial charge >= 0.3 is 0 Å². The second-order valence-electron chi connectivity index (χ2n) is 4.44. The van der Waals surface area contributed by atoms with Gasteiger partial charge in [0.15, 0.2) is 0 Å². The predicted molar refractivity (Wildman–Crippen MR) is 74.8 cm³/mol. The van der Waals surface area contributed by atoms with Crippen LogP contribution < -0.4 is 10.1 Å². The van der Waals surface area contributed by atoms with Gasteiger partial charge in [0.2, 0.25) is 0 Å². The molecule has 1 aliphatic heterocycles. The van der Waals surface area contributed by atoms with Crippen molar-refractivity contribution >= 4 is 11.8 Å². The molecule has 0 aliphatic carbocycles. The van der Waals surface area contributed by atoms with E-state index in [-0.39, 0.29) is 0 Å². The lowest BCUT2D eigenvalue weighted by Gasteiger charge is -2.12. The molecule has 1 aliphatic rings. The first kappa shape index (κ1) is 12.8. The van der Waals surface area contributed by atoms with E-state index in [0.717, 1.165) is 25.3 Å². The van der Waals surface area contributed by atoms with E-state index in [4.69, 9.17) is 4.74 Å². The molecule has 1 aromatic rings. The van der Waals surface area contributed by atoms with Gasteiger partial charge in [0.25, 0.3) is 0 Å². The average Bonchev–Trinajstić information content (AvgIpc) is 2.87. The topological polar surface area (TPSA) is 21.3 Å². The standard InChI is InChI=1S/C14H21NOS/c1-2-7-16-14-5-3-4-12(9-14)10-15-13-6-8-17-11-13/h3-5,9,13,15H,2,6-8,10-11H2,1H3. The molecule has 1 N–H and O–H groups in total. The smallest absolute Gasteiger partial charge is 0.119 e. The average molecular weight is 251 g/mol. The van der Waals surface area contributed by atoms with Crippen molar-refractivity contribution in [1.29, 1.82) is 0 Å². The molecule has 2 nitrogen and oxygen atoms in total. The number of rotatable bonds is 6. The van der Waals surface area contributed by atoms with E-state index in [1.807, 2.05) is 17.8 Å². The molecule has 0 spiro atoms. The van der Waals surface area contributed by atoms with Gasteiger partial charge in [-0.05, 0) is 36.3 Å². The Balaban J connectivity index is 1.82. The van der Waals surface area contributed by atoms with Crippen LogP contribution in [0.4, 0.5) is 0 Å². The largest absolute Gasteiger partial charge is 0.494 e. The summed E-state index contributed by atoms with van der Waals surface area (Å²) in [5.41, 5.74) is 1.32. The molecule has 0 radical (unpaired) electrons. The van der Waals surface area contributed by atoms with Gasteiger partial charge in [-0.2, -0.15) is 11.8 Å². The van der Waals surface area contributed by atoms with Crippen molar-refractivity contribution < 1.29 is 4.74 Å². The molecule has 3 heteroatoms. The molecule has 0 saturated carbocycles. The Morgan fingerprint density at radius 2 is 2.41 bits per heavy atom. The van der Waals surface area contributed by atoms with Gasteiger partial charge < -0.3 is 10.1 Å². The zero-order chi connectivity index (χ0) is 11.9. The fourth-order valence-electron chi connectivity index (χ4n) is 1.92. The van der Waals surface area contributed by atoms with Crippen LogP contribution in [-0.4, -0.2) is 24.2 Å². The first-order valence-corrected chi connectivity index (χ1v) is 7.57. The van der Waals surface area contributed by atoms with Crippen LogP contribution in [-0.2, 0) is 6.54 Å². The quantitative estimate of drug-likeness (QED) is 0.839. The monoisotopic (exact) mass is 251 g/mol. The van der Waals surface area contributed by atoms with Crippen LogP contribution in [0.25, 0.3) is 0 Å². The highest BCUT2D eigenvalue weighted by molar-refractivity contribution is 7.99. The summed E-state index contributed by atoms with van der Waals surface area (Å²) < 4.78 is 5.64. The number of benzene rings is 1. The minimum absolute atomic E-state index is 0.695. The van der Waals surface area contributed by atoms with Crippen molar-refractivity contribution in [2.24, 2.45) is 0 Å². The Morgan fingerprint density at radius 1 is 1.47 bits per heavy atom. The molecule has 1 aromatic carbocycles. The molecule has 1 heterocycles. The Morgan fingerprint density at radius 3 is 3.18 bits per heavy atom. The Bertz CT molecular complexity index is 337. The zero-order valence-electron chi connectivity index (χ0n) is 10.4. The highest BCUT2D eigenvalue weighted by atomic mass is 32.2. The Labute approximate surface area is 108 Å². The van der Waals surface area contributed by atoms with Gasteiger partial charge in [-0.3, -0.25) is 0 Å². The third-order valence-electron chi connectivity index (χ3n) is 2.90. The summed E-state index contributed by atoms with van der Waals surface area (Å²) in [6, 6.07) is 9.11. The maximum absolute atomic E-state index is 5.64. The number of hydrogen-bond acceptors (Lipinski definition) is 3. The van der Waals surface area contributed by atoms with Crippen molar-refractivity contribution in [3.05, 3.63) is 29.8 Å². The maximum atomic E-state index is 5.64. The van der Waals surface area contributed by atoms with Crippen LogP contribution in [0.15, 0.2) is 24.3 Å². The third kappa shape index (κ3) is 4.25. The molecule has 94 valence electrons. The molecular weight excluding hydrogens is 230 g/mol. The minimum atomic E-state index is 0.695. The normalized spacial score (nSPS) is 19.5. The third-order valence-corrected chi connectivity index (χ3v) is 4.06. The second-order valence-corrected chi connectivity index (χ2v) is 5.59. The van der Waals surface area contributed by atoms with Gasteiger partial charge in [0.1, 0.15) is 5.75 Å². The lowest BCUT2D eigenvalue weighted by Crippen LogP contribution is -2.27. The molecule has 0 bridgehead atoms. The van der Waals surface area contributed by atoms with Gasteiger partial charge in [-0.15, -0.1) is 0 Å². The molecule has 2 rings (SSSR count). The molecular formula is C14H21NOS. The van der Waals surface area contributed by atoms with E-state index in [9.17, 15) is 0 Å². The van der Waals surface area contributed by atoms with Crippen molar-refractivity contribution in [3.8, 4) is 5.75 Å². The van der Waals surface area contributed by atoms with E-state index >= 15 is 0 Å². The first-order valence-electron chi connectivity index (χ1n) is 6.41. The van der Waals surface area contributed by atoms with Gasteiger partial charge in [0.05, 0.1) is 6.61 Å². The Hall–Kier alpha value is -0.670. The second kappa shape index (κ2) is 6.92. The van der Waals surface area contributed by atoms with E-state index in [1.54, 1.807) is 0 Å². The van der Waals surface area contributed by atoms with Crippen molar-refractivity contribution in [2.75, 3.05) is 18.1 Å². The van der Waals surface area contributed by atoms with Crippen LogP contribution in [0.2, 0.25) is 0 Å². The van der Waals surface area contributed by atoms with Gasteiger partial charge in [0, 0.05) is 18.3 Å². The van der Waals surface area contributed by atoms with Gasteiger partial charge in [-0.25, -0.2) is 0 Å². The number of nitrogens with one attached hydrogen (secondary N) is 1. The fourth-order valence-corrected chi connectivity index (χ4v) is 3.11. The molecule has 17 heavy (non-hydrogen) atoms. The van der Waals surface area contributed by atoms with Crippen molar-refractivity contribution in [3.63, 3.8) is 0 Å². The van der Waals surface area contributed by atoms with E-state index in [1.165, 1.54) is 23.5 Å². The highest BCUT2D eigenvalue weighted by Crippen LogP contribution is 2.18. The fraction of sp³-hybridized carbons (Fsp3) is 0.571. The lowest BCUT2D eigenvalue weighted by molar-refractivity contribution is 0.317. The van der Waals surface area contributed by atoms with Crippen LogP contribution >= 0.6 is 11.8 Å². The number of hydrogen-bond donors (Lipinski definition) is 1. The molecule has 1 atom stereocenters. The summed E-state index contributed by atoms with van der Waals surface area (Å²) >= 11 is 2.04. The molecule has 0 amide bonds. The van der Waals surface area contributed by atoms with Gasteiger partial charge in [-0.1, -0.05) is 19.1 Å². The summed E-state index contributed by atoms with van der Waals surface area (Å²) in [5, 5.41) is 3.60. The lowest BCUT2D eigenvalue weighted by atomic mass is 10.2. The molecule has 1 unspecified atom stereocenters. The highest BCUT2D eigenvalue weighted by Gasteiger charge is 2.14. The molecule has 0 aromatic heterocycles. The number of thioether (sulfide) groups is 1. The van der Waals surface area contributed by atoms with Crippen LogP contribution in [0.3, 0.4) is 0 Å². The maximum Gasteiger partial charge on any atom is 0.119 e. The summed E-state index contributed by atoms with van der Waals surface area (Å²) in [5.74, 6) is 3.55. The summed E-state index contributed by atoms with van der Waals surface area (Å²) in [6.45, 7) is 3.88. The van der Waals surface area contributed by atoms with Crippen molar-refractivity contribution in [2.45, 2.75) is 32.4 Å². The van der Waals surface area contributed by atoms with Crippen LogP contribution in [0.1, 0.15) is 25.3 Å². The SMILES string of the molecule is CCCOc1cccc(CNC2CCSC2)c1. The molecule has 1 fully saturated rings. The zero-order valence-corrected chi connectivity index (χ0v) is 11.3. The predicted octanol–water partition coefficient (Wildman–Crippen LogP) is 3.07. The summed E-state index contributed by atoms with van der Waals surface area (Å²) in [4.78, 5) is 0. The van der Waals surface area contributed by atoms with Crippen LogP contribution in [0.5, 0.6) is 5.75 Å². The number of ether oxygens (including phenoxy) is 1. The molecule has 1 saturated heterocycles. The summed E-state index contributed by atoms with van der Waals surface area (Å²) in [6.07, 6.45) is 2.36.